The van der Waals surface area contributed by atoms with Crippen LogP contribution in [0.5, 0.6) is 0 Å². The molecule has 1 rings (SSSR count). The lowest BCUT2D eigenvalue weighted by atomic mass is 9.99. The van der Waals surface area contributed by atoms with Crippen molar-refractivity contribution < 1.29 is 14.6 Å². The minimum atomic E-state index is -0.564. The quantitative estimate of drug-likeness (QED) is 0.765. The van der Waals surface area contributed by atoms with Crippen LogP contribution >= 0.6 is 0 Å². The van der Waals surface area contributed by atoms with E-state index >= 15 is 0 Å². The first-order valence-electron chi connectivity index (χ1n) is 5.03. The number of carbonyl (C=O) groups excluding carboxylic acids is 1. The number of hydrogen-bond acceptors (Lipinski definition) is 3. The largest absolute Gasteiger partial charge is 0.465 e. The lowest BCUT2D eigenvalue weighted by molar-refractivity contribution is -0.145. The van der Waals surface area contributed by atoms with Gasteiger partial charge in [0.1, 0.15) is 5.92 Å². The van der Waals surface area contributed by atoms with Crippen LogP contribution in [0.3, 0.4) is 0 Å². The van der Waals surface area contributed by atoms with Crippen LogP contribution in [0.2, 0.25) is 0 Å². The van der Waals surface area contributed by atoms with Crippen LogP contribution < -0.4 is 0 Å². The van der Waals surface area contributed by atoms with E-state index in [0.29, 0.717) is 6.61 Å². The molecule has 1 aromatic carbocycles. The Kier molecular flexibility index (Phi) is 4.31. The summed E-state index contributed by atoms with van der Waals surface area (Å²) >= 11 is 0. The average Bonchev–Trinajstić information content (AvgIpc) is 2.22. The highest BCUT2D eigenvalue weighted by Crippen LogP contribution is 2.17. The minimum absolute atomic E-state index is 0.220. The zero-order valence-corrected chi connectivity index (χ0v) is 9.06. The van der Waals surface area contributed by atoms with Gasteiger partial charge in [-0.05, 0) is 19.4 Å². The van der Waals surface area contributed by atoms with Crippen LogP contribution in [0.1, 0.15) is 24.0 Å². The zero-order chi connectivity index (χ0) is 11.3. The molecule has 3 nitrogen and oxygen atoms in total. The third-order valence-electron chi connectivity index (χ3n) is 2.23. The minimum Gasteiger partial charge on any atom is -0.465 e. The molecule has 15 heavy (non-hydrogen) atoms. The fourth-order valence-corrected chi connectivity index (χ4v) is 1.36. The van der Waals surface area contributed by atoms with E-state index in [9.17, 15) is 4.79 Å². The first kappa shape index (κ1) is 11.7. The number of ether oxygens (including phenoxy) is 1. The number of esters is 1. The molecule has 1 aromatic rings. The van der Waals surface area contributed by atoms with E-state index < -0.39 is 5.92 Å². The van der Waals surface area contributed by atoms with Gasteiger partial charge in [-0.25, -0.2) is 0 Å². The predicted octanol–water partition coefficient (Wildman–Crippen LogP) is 1.63. The number of aliphatic hydroxyl groups is 1. The van der Waals surface area contributed by atoms with Crippen molar-refractivity contribution in [3.05, 3.63) is 35.4 Å². The van der Waals surface area contributed by atoms with Crippen LogP contribution in [0.4, 0.5) is 0 Å². The van der Waals surface area contributed by atoms with Crippen LogP contribution in [0.25, 0.3) is 0 Å². The van der Waals surface area contributed by atoms with Gasteiger partial charge in [0.05, 0.1) is 13.2 Å². The van der Waals surface area contributed by atoms with E-state index in [1.165, 1.54) is 0 Å². The SMILES string of the molecule is CCOC(=O)C(CO)c1ccc(C)cc1. The van der Waals surface area contributed by atoms with Gasteiger partial charge in [-0.2, -0.15) is 0 Å². The molecule has 1 unspecified atom stereocenters. The Morgan fingerprint density at radius 1 is 1.40 bits per heavy atom. The van der Waals surface area contributed by atoms with Gasteiger partial charge in [-0.15, -0.1) is 0 Å². The average molecular weight is 208 g/mol. The van der Waals surface area contributed by atoms with Crippen LogP contribution in [-0.2, 0) is 9.53 Å². The number of aliphatic hydroxyl groups excluding tert-OH is 1. The van der Waals surface area contributed by atoms with Crippen molar-refractivity contribution in [1.29, 1.82) is 0 Å². The number of benzene rings is 1. The molecule has 0 fully saturated rings. The zero-order valence-electron chi connectivity index (χ0n) is 9.06. The fraction of sp³-hybridized carbons (Fsp3) is 0.417. The van der Waals surface area contributed by atoms with Gasteiger partial charge in [0, 0.05) is 0 Å². The number of aryl methyl sites for hydroxylation is 1. The summed E-state index contributed by atoms with van der Waals surface area (Å²) in [6.07, 6.45) is 0. The molecular weight excluding hydrogens is 192 g/mol. The lowest BCUT2D eigenvalue weighted by Crippen LogP contribution is -2.19. The van der Waals surface area contributed by atoms with E-state index in [-0.39, 0.29) is 12.6 Å². The van der Waals surface area contributed by atoms with Crippen LogP contribution in [-0.4, -0.2) is 24.3 Å². The van der Waals surface area contributed by atoms with Crippen molar-refractivity contribution in [3.63, 3.8) is 0 Å². The summed E-state index contributed by atoms with van der Waals surface area (Å²) in [6, 6.07) is 7.51. The van der Waals surface area contributed by atoms with Crippen molar-refractivity contribution in [2.45, 2.75) is 19.8 Å². The second-order valence-electron chi connectivity index (χ2n) is 3.40. The standard InChI is InChI=1S/C12H16O3/c1-3-15-12(14)11(8-13)10-6-4-9(2)5-7-10/h4-7,11,13H,3,8H2,1-2H3. The van der Waals surface area contributed by atoms with Gasteiger partial charge >= 0.3 is 5.97 Å². The Labute approximate surface area is 89.7 Å². The molecule has 1 atom stereocenters. The highest BCUT2D eigenvalue weighted by atomic mass is 16.5. The Hall–Kier alpha value is -1.35. The first-order valence-corrected chi connectivity index (χ1v) is 5.03. The topological polar surface area (TPSA) is 46.5 Å². The van der Waals surface area contributed by atoms with E-state index in [0.717, 1.165) is 11.1 Å². The number of hydrogen-bond donors (Lipinski definition) is 1. The smallest absolute Gasteiger partial charge is 0.315 e. The molecule has 0 spiro atoms. The molecule has 1 N–H and O–H groups in total. The summed E-state index contributed by atoms with van der Waals surface area (Å²) in [5, 5.41) is 9.14. The van der Waals surface area contributed by atoms with Crippen molar-refractivity contribution in [2.24, 2.45) is 0 Å². The van der Waals surface area contributed by atoms with Crippen LogP contribution in [0, 0.1) is 6.92 Å². The van der Waals surface area contributed by atoms with Crippen LogP contribution in [0.15, 0.2) is 24.3 Å². The molecule has 82 valence electrons. The van der Waals surface area contributed by atoms with Gasteiger partial charge < -0.3 is 9.84 Å². The summed E-state index contributed by atoms with van der Waals surface area (Å²) in [7, 11) is 0. The Morgan fingerprint density at radius 3 is 2.47 bits per heavy atom. The highest BCUT2D eigenvalue weighted by molar-refractivity contribution is 5.78. The molecule has 0 amide bonds. The maximum Gasteiger partial charge on any atom is 0.315 e. The normalized spacial score (nSPS) is 12.2. The Balaban J connectivity index is 2.82. The van der Waals surface area contributed by atoms with Gasteiger partial charge in [0.25, 0.3) is 0 Å². The number of rotatable bonds is 4. The maximum absolute atomic E-state index is 11.5. The maximum atomic E-state index is 11.5. The van der Waals surface area contributed by atoms with Gasteiger partial charge in [0.2, 0.25) is 0 Å². The summed E-state index contributed by atoms with van der Waals surface area (Å²) in [4.78, 5) is 11.5. The summed E-state index contributed by atoms with van der Waals surface area (Å²) in [5.74, 6) is -0.936. The molecular formula is C12H16O3. The summed E-state index contributed by atoms with van der Waals surface area (Å²) in [6.45, 7) is 3.84. The van der Waals surface area contributed by atoms with Gasteiger partial charge in [-0.3, -0.25) is 4.79 Å². The van der Waals surface area contributed by atoms with Crippen molar-refractivity contribution in [2.75, 3.05) is 13.2 Å². The van der Waals surface area contributed by atoms with E-state index in [1.54, 1.807) is 6.92 Å². The van der Waals surface area contributed by atoms with Gasteiger partial charge in [0.15, 0.2) is 0 Å². The molecule has 0 aliphatic heterocycles. The summed E-state index contributed by atoms with van der Waals surface area (Å²) in [5.41, 5.74) is 1.92. The second-order valence-corrected chi connectivity index (χ2v) is 3.40. The predicted molar refractivity (Wildman–Crippen MR) is 57.6 cm³/mol. The van der Waals surface area contributed by atoms with E-state index in [2.05, 4.69) is 0 Å². The third-order valence-corrected chi connectivity index (χ3v) is 2.23. The van der Waals surface area contributed by atoms with Crippen molar-refractivity contribution in [1.82, 2.24) is 0 Å². The molecule has 0 heterocycles. The molecule has 0 aliphatic carbocycles. The molecule has 0 aromatic heterocycles. The van der Waals surface area contributed by atoms with Gasteiger partial charge in [-0.1, -0.05) is 29.8 Å². The summed E-state index contributed by atoms with van der Waals surface area (Å²) < 4.78 is 4.88. The third kappa shape index (κ3) is 3.06. The van der Waals surface area contributed by atoms with E-state index in [4.69, 9.17) is 9.84 Å². The number of carbonyl (C=O) groups is 1. The molecule has 0 saturated heterocycles. The first-order chi connectivity index (χ1) is 7.19. The van der Waals surface area contributed by atoms with Crippen molar-refractivity contribution >= 4 is 5.97 Å². The molecule has 0 radical (unpaired) electrons. The van der Waals surface area contributed by atoms with Crippen molar-refractivity contribution in [3.8, 4) is 0 Å². The van der Waals surface area contributed by atoms with E-state index in [1.807, 2.05) is 31.2 Å². The Bertz CT molecular complexity index is 316. The molecule has 0 aliphatic rings. The molecule has 0 bridgehead atoms. The Morgan fingerprint density at radius 2 is 2.00 bits per heavy atom. The lowest BCUT2D eigenvalue weighted by Gasteiger charge is -2.13. The second kappa shape index (κ2) is 5.51. The molecule has 3 heteroatoms. The highest BCUT2D eigenvalue weighted by Gasteiger charge is 2.20. The molecule has 0 saturated carbocycles. The fourth-order valence-electron chi connectivity index (χ4n) is 1.36. The monoisotopic (exact) mass is 208 g/mol.